The van der Waals surface area contributed by atoms with Crippen molar-refractivity contribution in [1.29, 1.82) is 0 Å². The van der Waals surface area contributed by atoms with Crippen LogP contribution in [0.15, 0.2) is 72.8 Å². The molecule has 0 N–H and O–H groups in total. The first-order valence-electron chi connectivity index (χ1n) is 17.8. The summed E-state index contributed by atoms with van der Waals surface area (Å²) in [6.07, 6.45) is -3.23. The summed E-state index contributed by atoms with van der Waals surface area (Å²) in [5.41, 5.74) is 7.61. The maximum atomic E-state index is 15.0. The standard InChI is InChI=1S/C45H54F3NO/c1-41(2,3)31-20-29(21-32(24-31)42(4,5)6)37-26-35(45(46,47)48)27-38(30-22-33(43(7,8)9)25-34(23-30)44(10,11)12)40(37)28-15-17-36(18-16-28)49-19-13-14-39(49)50/h15-18,20-27H,13-14,19H2,1-12H3. The van der Waals surface area contributed by atoms with Crippen LogP contribution in [0.1, 0.15) is 124 Å². The minimum Gasteiger partial charge on any atom is -0.312 e. The topological polar surface area (TPSA) is 20.3 Å². The Hall–Kier alpha value is -3.86. The molecule has 266 valence electrons. The Morgan fingerprint density at radius 2 is 0.880 bits per heavy atom. The van der Waals surface area contributed by atoms with Crippen molar-refractivity contribution in [1.82, 2.24) is 0 Å². The fraction of sp³-hybridized carbons (Fsp3) is 0.444. The van der Waals surface area contributed by atoms with Crippen LogP contribution >= 0.6 is 0 Å². The van der Waals surface area contributed by atoms with Gasteiger partial charge in [0.2, 0.25) is 5.91 Å². The van der Waals surface area contributed by atoms with Crippen LogP contribution in [0.5, 0.6) is 0 Å². The van der Waals surface area contributed by atoms with Gasteiger partial charge in [0.25, 0.3) is 0 Å². The molecule has 50 heavy (non-hydrogen) atoms. The van der Waals surface area contributed by atoms with Gasteiger partial charge in [-0.05, 0) is 108 Å². The Balaban J connectivity index is 1.94. The number of amides is 1. The second-order valence-electron chi connectivity index (χ2n) is 18.2. The van der Waals surface area contributed by atoms with E-state index in [4.69, 9.17) is 0 Å². The molecule has 1 heterocycles. The van der Waals surface area contributed by atoms with Crippen molar-refractivity contribution in [3.8, 4) is 33.4 Å². The number of alkyl halides is 3. The van der Waals surface area contributed by atoms with Gasteiger partial charge in [-0.2, -0.15) is 13.2 Å². The van der Waals surface area contributed by atoms with Crippen molar-refractivity contribution in [2.24, 2.45) is 0 Å². The number of carbonyl (C=O) groups excluding carboxylic acids is 1. The van der Waals surface area contributed by atoms with E-state index in [1.54, 1.807) is 4.90 Å². The molecule has 0 aliphatic carbocycles. The Bertz CT molecular complexity index is 1740. The predicted octanol–water partition coefficient (Wildman–Crippen LogP) is 13.0. The molecule has 1 saturated heterocycles. The predicted molar refractivity (Wildman–Crippen MR) is 204 cm³/mol. The highest BCUT2D eigenvalue weighted by molar-refractivity contribution is 5.98. The van der Waals surface area contributed by atoms with Crippen molar-refractivity contribution in [3.63, 3.8) is 0 Å². The molecule has 4 aromatic rings. The molecule has 5 heteroatoms. The van der Waals surface area contributed by atoms with Gasteiger partial charge in [0, 0.05) is 18.7 Å². The van der Waals surface area contributed by atoms with E-state index in [1.165, 1.54) is 12.1 Å². The van der Waals surface area contributed by atoms with Crippen LogP contribution in [-0.2, 0) is 32.6 Å². The van der Waals surface area contributed by atoms with Gasteiger partial charge in [-0.1, -0.05) is 132 Å². The van der Waals surface area contributed by atoms with E-state index in [-0.39, 0.29) is 27.6 Å². The van der Waals surface area contributed by atoms with Crippen LogP contribution in [0, 0.1) is 0 Å². The Morgan fingerprint density at radius 3 is 1.18 bits per heavy atom. The van der Waals surface area contributed by atoms with Gasteiger partial charge in [-0.15, -0.1) is 0 Å². The Labute approximate surface area is 298 Å². The van der Waals surface area contributed by atoms with E-state index in [0.717, 1.165) is 56.6 Å². The van der Waals surface area contributed by atoms with Crippen LogP contribution in [0.25, 0.3) is 33.4 Å². The Morgan fingerprint density at radius 1 is 0.500 bits per heavy atom. The third-order valence-electron chi connectivity index (χ3n) is 9.96. The average Bonchev–Trinajstić information content (AvgIpc) is 3.43. The van der Waals surface area contributed by atoms with Crippen LogP contribution < -0.4 is 4.90 Å². The van der Waals surface area contributed by atoms with Crippen LogP contribution in [0.2, 0.25) is 0 Å². The molecular weight excluding hydrogens is 627 g/mol. The molecule has 2 nitrogen and oxygen atoms in total. The number of rotatable bonds is 4. The number of hydrogen-bond acceptors (Lipinski definition) is 1. The van der Waals surface area contributed by atoms with Gasteiger partial charge in [-0.25, -0.2) is 0 Å². The summed E-state index contributed by atoms with van der Waals surface area (Å²) in [6.45, 7) is 26.3. The Kier molecular flexibility index (Phi) is 9.52. The summed E-state index contributed by atoms with van der Waals surface area (Å²) < 4.78 is 45.0. The quantitative estimate of drug-likeness (QED) is 0.210. The van der Waals surface area contributed by atoms with E-state index in [1.807, 2.05) is 24.3 Å². The minimum absolute atomic E-state index is 0.0936. The van der Waals surface area contributed by atoms with E-state index in [2.05, 4.69) is 119 Å². The molecule has 0 unspecified atom stereocenters. The fourth-order valence-electron chi connectivity index (χ4n) is 6.60. The monoisotopic (exact) mass is 681 g/mol. The van der Waals surface area contributed by atoms with Crippen molar-refractivity contribution in [2.75, 3.05) is 11.4 Å². The first-order valence-corrected chi connectivity index (χ1v) is 17.8. The molecule has 0 bridgehead atoms. The minimum atomic E-state index is -4.56. The molecule has 5 rings (SSSR count). The largest absolute Gasteiger partial charge is 0.416 e. The number of nitrogens with zero attached hydrogens (tertiary/aromatic N) is 1. The van der Waals surface area contributed by atoms with Gasteiger partial charge < -0.3 is 4.90 Å². The smallest absolute Gasteiger partial charge is 0.312 e. The number of hydrogen-bond donors (Lipinski definition) is 0. The number of benzene rings is 4. The van der Waals surface area contributed by atoms with Crippen molar-refractivity contribution < 1.29 is 18.0 Å². The second-order valence-corrected chi connectivity index (χ2v) is 18.2. The highest BCUT2D eigenvalue weighted by Crippen LogP contribution is 2.47. The third kappa shape index (κ3) is 7.87. The zero-order valence-corrected chi connectivity index (χ0v) is 32.0. The van der Waals surface area contributed by atoms with Gasteiger partial charge in [0.1, 0.15) is 0 Å². The summed E-state index contributed by atoms with van der Waals surface area (Å²) in [5.74, 6) is 0.0936. The van der Waals surface area contributed by atoms with Crippen LogP contribution in [0.4, 0.5) is 18.9 Å². The molecule has 0 spiro atoms. The second kappa shape index (κ2) is 12.7. The molecule has 0 atom stereocenters. The molecule has 0 aromatic heterocycles. The molecule has 1 fully saturated rings. The number of carbonyl (C=O) groups is 1. The summed E-state index contributed by atoms with van der Waals surface area (Å²) >= 11 is 0. The van der Waals surface area contributed by atoms with E-state index in [0.29, 0.717) is 24.1 Å². The van der Waals surface area contributed by atoms with Gasteiger partial charge in [0.05, 0.1) is 5.56 Å². The maximum Gasteiger partial charge on any atom is 0.416 e. The lowest BCUT2D eigenvalue weighted by atomic mass is 9.76. The third-order valence-corrected chi connectivity index (χ3v) is 9.96. The molecule has 0 saturated carbocycles. The fourth-order valence-corrected chi connectivity index (χ4v) is 6.60. The molecule has 1 aliphatic heterocycles. The van der Waals surface area contributed by atoms with E-state index >= 15 is 13.2 Å². The zero-order chi connectivity index (χ0) is 37.2. The van der Waals surface area contributed by atoms with Gasteiger partial charge >= 0.3 is 6.18 Å². The molecular formula is C45H54F3NO. The molecule has 4 aromatic carbocycles. The van der Waals surface area contributed by atoms with Gasteiger partial charge in [0.15, 0.2) is 0 Å². The lowest BCUT2D eigenvalue weighted by Crippen LogP contribution is -2.23. The summed E-state index contributed by atoms with van der Waals surface area (Å²) in [5, 5.41) is 0. The first kappa shape index (κ1) is 37.4. The lowest BCUT2D eigenvalue weighted by Gasteiger charge is -2.29. The highest BCUT2D eigenvalue weighted by atomic mass is 19.4. The number of halogens is 3. The van der Waals surface area contributed by atoms with Crippen molar-refractivity contribution >= 4 is 11.6 Å². The van der Waals surface area contributed by atoms with Crippen LogP contribution in [0.3, 0.4) is 0 Å². The molecule has 1 amide bonds. The van der Waals surface area contributed by atoms with Crippen molar-refractivity contribution in [3.05, 3.63) is 101 Å². The summed E-state index contributed by atoms with van der Waals surface area (Å²) in [4.78, 5) is 14.4. The van der Waals surface area contributed by atoms with E-state index in [9.17, 15) is 4.79 Å². The molecule has 0 radical (unpaired) electrons. The normalized spacial score (nSPS) is 14.9. The average molecular weight is 682 g/mol. The van der Waals surface area contributed by atoms with E-state index < -0.39 is 11.7 Å². The number of anilines is 1. The summed E-state index contributed by atoms with van der Waals surface area (Å²) in [6, 6.07) is 23.1. The lowest BCUT2D eigenvalue weighted by molar-refractivity contribution is -0.137. The SMILES string of the molecule is CC(C)(C)c1cc(-c2cc(C(F)(F)F)cc(-c3cc(C(C)(C)C)cc(C(C)(C)C)c3)c2-c2ccc(N3CCCC3=O)cc2)cc(C(C)(C)C)c1. The molecule has 1 aliphatic rings. The van der Waals surface area contributed by atoms with Crippen molar-refractivity contribution in [2.45, 2.75) is 124 Å². The van der Waals surface area contributed by atoms with Gasteiger partial charge in [-0.3, -0.25) is 4.79 Å². The van der Waals surface area contributed by atoms with Crippen LogP contribution in [-0.4, -0.2) is 12.5 Å². The maximum absolute atomic E-state index is 15.0. The zero-order valence-electron chi connectivity index (χ0n) is 32.0. The first-order chi connectivity index (χ1) is 22.8. The summed E-state index contributed by atoms with van der Waals surface area (Å²) in [7, 11) is 0. The highest BCUT2D eigenvalue weighted by Gasteiger charge is 2.34.